The molecular weight excluding hydrogens is 334 g/mol. The number of aromatic nitrogens is 2. The average molecular weight is 355 g/mol. The van der Waals surface area contributed by atoms with E-state index in [4.69, 9.17) is 0 Å². The monoisotopic (exact) mass is 355 g/mol. The fraction of sp³-hybridized carbons (Fsp3) is 0.211. The molecule has 0 aliphatic carbocycles. The normalized spacial score (nSPS) is 12.2. The summed E-state index contributed by atoms with van der Waals surface area (Å²) in [6.45, 7) is 3.09. The molecule has 3 aromatic rings. The van der Waals surface area contributed by atoms with Gasteiger partial charge in [-0.2, -0.15) is 0 Å². The smallest absolute Gasteiger partial charge is 0.233 e. The van der Waals surface area contributed by atoms with Gasteiger partial charge in [0.1, 0.15) is 5.65 Å². The number of hydrogen-bond donors (Lipinski definition) is 1. The number of pyridine rings is 1. The van der Waals surface area contributed by atoms with Crippen LogP contribution in [0.4, 0.5) is 0 Å². The molecule has 130 valence electrons. The Morgan fingerprint density at radius 3 is 2.76 bits per heavy atom. The van der Waals surface area contributed by atoms with Crippen LogP contribution in [0.25, 0.3) is 17.1 Å². The molecule has 0 spiro atoms. The first kappa shape index (κ1) is 17.4. The molecule has 0 amide bonds. The Kier molecular flexibility index (Phi) is 5.31. The average Bonchev–Trinajstić information content (AvgIpc) is 3.02. The maximum Gasteiger partial charge on any atom is 0.233 e. The Morgan fingerprint density at radius 1 is 1.16 bits per heavy atom. The van der Waals surface area contributed by atoms with Crippen molar-refractivity contribution in [3.05, 3.63) is 71.4 Å². The number of benzene rings is 1. The van der Waals surface area contributed by atoms with Crippen LogP contribution >= 0.6 is 0 Å². The van der Waals surface area contributed by atoms with E-state index in [1.165, 1.54) is 5.41 Å². The molecule has 0 saturated carbocycles. The second kappa shape index (κ2) is 7.63. The standard InChI is InChI=1S/C19H21N3O2S/c1-16-5-7-17(8-6-16)10-15-25(23,24)21-12-3-13-22-14-9-18-4-2-11-20-19(18)22/h2,4-11,14-15,21H,3,12-13H2,1H3. The van der Waals surface area contributed by atoms with Crippen LogP contribution in [0.5, 0.6) is 0 Å². The topological polar surface area (TPSA) is 64.0 Å². The van der Waals surface area contributed by atoms with E-state index < -0.39 is 10.0 Å². The van der Waals surface area contributed by atoms with Crippen molar-refractivity contribution in [2.45, 2.75) is 19.9 Å². The first-order chi connectivity index (χ1) is 12.0. The van der Waals surface area contributed by atoms with Crippen molar-refractivity contribution in [3.8, 4) is 0 Å². The maximum absolute atomic E-state index is 12.0. The molecule has 0 fully saturated rings. The van der Waals surface area contributed by atoms with Crippen LogP contribution in [0.2, 0.25) is 0 Å². The molecule has 0 atom stereocenters. The van der Waals surface area contributed by atoms with Crippen molar-refractivity contribution in [1.29, 1.82) is 0 Å². The molecule has 2 aromatic heterocycles. The number of nitrogens with one attached hydrogen (secondary N) is 1. The maximum atomic E-state index is 12.0. The van der Waals surface area contributed by atoms with Crippen LogP contribution in [-0.2, 0) is 16.6 Å². The number of sulfonamides is 1. The minimum atomic E-state index is -3.43. The molecule has 25 heavy (non-hydrogen) atoms. The van der Waals surface area contributed by atoms with Crippen LogP contribution in [-0.4, -0.2) is 24.5 Å². The van der Waals surface area contributed by atoms with Crippen LogP contribution < -0.4 is 4.72 Å². The molecule has 0 saturated heterocycles. The zero-order valence-corrected chi connectivity index (χ0v) is 14.9. The minimum Gasteiger partial charge on any atom is -0.332 e. The number of aryl methyl sites for hydroxylation is 2. The van der Waals surface area contributed by atoms with Gasteiger partial charge < -0.3 is 4.57 Å². The summed E-state index contributed by atoms with van der Waals surface area (Å²) in [5.41, 5.74) is 2.93. The largest absolute Gasteiger partial charge is 0.332 e. The van der Waals surface area contributed by atoms with Crippen LogP contribution in [0.1, 0.15) is 17.5 Å². The van der Waals surface area contributed by atoms with Crippen LogP contribution in [0.15, 0.2) is 60.3 Å². The van der Waals surface area contributed by atoms with E-state index >= 15 is 0 Å². The van der Waals surface area contributed by atoms with Crippen molar-refractivity contribution in [1.82, 2.24) is 14.3 Å². The Labute approximate surface area is 148 Å². The summed E-state index contributed by atoms with van der Waals surface area (Å²) < 4.78 is 28.7. The van der Waals surface area contributed by atoms with Gasteiger partial charge >= 0.3 is 0 Å². The predicted octanol–water partition coefficient (Wildman–Crippen LogP) is 3.33. The van der Waals surface area contributed by atoms with E-state index in [-0.39, 0.29) is 0 Å². The minimum absolute atomic E-state index is 0.382. The summed E-state index contributed by atoms with van der Waals surface area (Å²) in [7, 11) is -3.43. The Morgan fingerprint density at radius 2 is 1.96 bits per heavy atom. The first-order valence-corrected chi connectivity index (χ1v) is 9.72. The summed E-state index contributed by atoms with van der Waals surface area (Å²) in [5.74, 6) is 0. The van der Waals surface area contributed by atoms with E-state index in [2.05, 4.69) is 9.71 Å². The van der Waals surface area contributed by atoms with Crippen LogP contribution in [0, 0.1) is 6.92 Å². The molecule has 6 heteroatoms. The SMILES string of the molecule is Cc1ccc(C=CS(=O)(=O)NCCCn2ccc3cccnc32)cc1. The highest BCUT2D eigenvalue weighted by atomic mass is 32.2. The van der Waals surface area contributed by atoms with E-state index in [0.29, 0.717) is 19.5 Å². The molecule has 1 aromatic carbocycles. The fourth-order valence-electron chi connectivity index (χ4n) is 2.56. The van der Waals surface area contributed by atoms with Crippen molar-refractivity contribution < 1.29 is 8.42 Å². The van der Waals surface area contributed by atoms with Gasteiger partial charge in [0.2, 0.25) is 10.0 Å². The molecule has 0 unspecified atom stereocenters. The molecule has 3 rings (SSSR count). The van der Waals surface area contributed by atoms with Gasteiger partial charge in [-0.3, -0.25) is 0 Å². The molecule has 0 aliphatic rings. The fourth-order valence-corrected chi connectivity index (χ4v) is 3.42. The highest BCUT2D eigenvalue weighted by molar-refractivity contribution is 7.92. The third kappa shape index (κ3) is 4.78. The summed E-state index contributed by atoms with van der Waals surface area (Å²) >= 11 is 0. The highest BCUT2D eigenvalue weighted by Gasteiger charge is 2.05. The van der Waals surface area contributed by atoms with Gasteiger partial charge in [-0.15, -0.1) is 0 Å². The molecule has 0 bridgehead atoms. The summed E-state index contributed by atoms with van der Waals surface area (Å²) in [6.07, 6.45) is 6.03. The lowest BCUT2D eigenvalue weighted by Gasteiger charge is -2.05. The molecule has 0 radical (unpaired) electrons. The number of fused-ring (bicyclic) bond motifs is 1. The van der Waals surface area contributed by atoms with E-state index in [0.717, 1.165) is 22.2 Å². The van der Waals surface area contributed by atoms with Gasteiger partial charge in [-0.1, -0.05) is 29.8 Å². The van der Waals surface area contributed by atoms with Gasteiger partial charge in [-0.05, 0) is 43.2 Å². The number of rotatable bonds is 7. The van der Waals surface area contributed by atoms with E-state index in [9.17, 15) is 8.42 Å². The Hall–Kier alpha value is -2.44. The third-order valence-corrected chi connectivity index (χ3v) is 5.02. The molecule has 1 N–H and O–H groups in total. The Balaban J connectivity index is 1.51. The summed E-state index contributed by atoms with van der Waals surface area (Å²) in [6, 6.07) is 13.6. The molecule has 5 nitrogen and oxygen atoms in total. The van der Waals surface area contributed by atoms with Gasteiger partial charge in [0.15, 0.2) is 0 Å². The van der Waals surface area contributed by atoms with Crippen molar-refractivity contribution >= 4 is 27.1 Å². The summed E-state index contributed by atoms with van der Waals surface area (Å²) in [4.78, 5) is 4.35. The second-order valence-electron chi connectivity index (χ2n) is 5.93. The van der Waals surface area contributed by atoms with Crippen molar-refractivity contribution in [2.24, 2.45) is 0 Å². The lowest BCUT2D eigenvalue weighted by Crippen LogP contribution is -2.23. The van der Waals surface area contributed by atoms with E-state index in [1.807, 2.05) is 60.2 Å². The zero-order chi connectivity index (χ0) is 17.7. The third-order valence-electron chi connectivity index (χ3n) is 3.92. The van der Waals surface area contributed by atoms with Gasteiger partial charge in [-0.25, -0.2) is 18.1 Å². The highest BCUT2D eigenvalue weighted by Crippen LogP contribution is 2.12. The van der Waals surface area contributed by atoms with Gasteiger partial charge in [0.25, 0.3) is 0 Å². The lowest BCUT2D eigenvalue weighted by molar-refractivity contribution is 0.580. The second-order valence-corrected chi connectivity index (χ2v) is 7.58. The first-order valence-electron chi connectivity index (χ1n) is 8.18. The quantitative estimate of drug-likeness (QED) is 0.661. The lowest BCUT2D eigenvalue weighted by atomic mass is 10.2. The Bertz CT molecular complexity index is 973. The molecule has 2 heterocycles. The van der Waals surface area contributed by atoms with Crippen molar-refractivity contribution in [2.75, 3.05) is 6.54 Å². The number of hydrogen-bond acceptors (Lipinski definition) is 3. The molecular formula is C19H21N3O2S. The summed E-state index contributed by atoms with van der Waals surface area (Å²) in [5, 5.41) is 2.30. The zero-order valence-electron chi connectivity index (χ0n) is 14.1. The number of nitrogens with zero attached hydrogens (tertiary/aromatic N) is 2. The molecule has 0 aliphatic heterocycles. The predicted molar refractivity (Wildman–Crippen MR) is 101 cm³/mol. The van der Waals surface area contributed by atoms with E-state index in [1.54, 1.807) is 12.3 Å². The van der Waals surface area contributed by atoms with Gasteiger partial charge in [0.05, 0.1) is 0 Å². The van der Waals surface area contributed by atoms with Crippen LogP contribution in [0.3, 0.4) is 0 Å². The van der Waals surface area contributed by atoms with Gasteiger partial charge in [0, 0.05) is 36.3 Å². The van der Waals surface area contributed by atoms with Crippen molar-refractivity contribution in [3.63, 3.8) is 0 Å².